The average Bonchev–Trinajstić information content (AvgIpc) is 2.47. The van der Waals surface area contributed by atoms with E-state index in [0.717, 1.165) is 13.0 Å². The van der Waals surface area contributed by atoms with E-state index in [-0.39, 0.29) is 5.92 Å². The lowest BCUT2D eigenvalue weighted by atomic mass is 9.94. The number of carbonyl (C=O) groups excluding carboxylic acids is 1. The van der Waals surface area contributed by atoms with Crippen LogP contribution in [0.3, 0.4) is 0 Å². The van der Waals surface area contributed by atoms with E-state index in [2.05, 4.69) is 18.2 Å². The van der Waals surface area contributed by atoms with Crippen molar-refractivity contribution in [3.8, 4) is 12.3 Å². The molecule has 1 heterocycles. The van der Waals surface area contributed by atoms with E-state index < -0.39 is 0 Å². The normalized spacial score (nSPS) is 28.3. The molecule has 1 aliphatic heterocycles. The zero-order valence-electron chi connectivity index (χ0n) is 7.47. The molecule has 1 aliphatic rings. The molecule has 0 radical (unpaired) electrons. The van der Waals surface area contributed by atoms with E-state index >= 15 is 0 Å². The number of hydrogen-bond acceptors (Lipinski definition) is 2. The lowest BCUT2D eigenvalue weighted by Crippen LogP contribution is -2.27. The molecule has 1 N–H and O–H groups in total. The van der Waals surface area contributed by atoms with Crippen LogP contribution in [0.25, 0.3) is 0 Å². The number of ketones is 1. The molecule has 2 atom stereocenters. The predicted molar refractivity (Wildman–Crippen MR) is 48.6 cm³/mol. The van der Waals surface area contributed by atoms with E-state index in [1.165, 1.54) is 0 Å². The van der Waals surface area contributed by atoms with Gasteiger partial charge < -0.3 is 5.32 Å². The summed E-state index contributed by atoms with van der Waals surface area (Å²) in [4.78, 5) is 11.5. The summed E-state index contributed by atoms with van der Waals surface area (Å²) in [7, 11) is 0. The maximum Gasteiger partial charge on any atom is 0.138 e. The molecule has 1 saturated heterocycles. The molecule has 0 bridgehead atoms. The fourth-order valence-corrected chi connectivity index (χ4v) is 1.68. The topological polar surface area (TPSA) is 29.1 Å². The van der Waals surface area contributed by atoms with Crippen LogP contribution < -0.4 is 5.32 Å². The maximum atomic E-state index is 11.5. The summed E-state index contributed by atoms with van der Waals surface area (Å²) in [5.74, 6) is 3.03. The lowest BCUT2D eigenvalue weighted by Gasteiger charge is -2.12. The molecule has 12 heavy (non-hydrogen) atoms. The van der Waals surface area contributed by atoms with Crippen molar-refractivity contribution in [3.63, 3.8) is 0 Å². The molecule has 66 valence electrons. The standard InChI is InChI=1S/C10H15NO/c1-3-4-5-10(12)9-6-7-11-8(9)2/h1,8-9,11H,4-7H2,2H3. The second-order valence-electron chi connectivity index (χ2n) is 3.31. The zero-order chi connectivity index (χ0) is 8.97. The minimum Gasteiger partial charge on any atom is -0.314 e. The van der Waals surface area contributed by atoms with Crippen LogP contribution in [0.4, 0.5) is 0 Å². The summed E-state index contributed by atoms with van der Waals surface area (Å²) in [5, 5.41) is 3.25. The van der Waals surface area contributed by atoms with Crippen LogP contribution in [0, 0.1) is 18.3 Å². The third-order valence-electron chi connectivity index (χ3n) is 2.45. The summed E-state index contributed by atoms with van der Waals surface area (Å²) >= 11 is 0. The van der Waals surface area contributed by atoms with Crippen molar-refractivity contribution >= 4 is 5.78 Å². The van der Waals surface area contributed by atoms with Crippen LogP contribution in [0.15, 0.2) is 0 Å². The molecule has 2 nitrogen and oxygen atoms in total. The van der Waals surface area contributed by atoms with Crippen LogP contribution >= 0.6 is 0 Å². The Morgan fingerprint density at radius 1 is 1.75 bits per heavy atom. The van der Waals surface area contributed by atoms with Gasteiger partial charge in [0.15, 0.2) is 0 Å². The maximum absolute atomic E-state index is 11.5. The molecule has 2 unspecified atom stereocenters. The summed E-state index contributed by atoms with van der Waals surface area (Å²) in [6.45, 7) is 3.03. The summed E-state index contributed by atoms with van der Waals surface area (Å²) < 4.78 is 0. The van der Waals surface area contributed by atoms with Gasteiger partial charge in [0.1, 0.15) is 5.78 Å². The molecule has 1 rings (SSSR count). The van der Waals surface area contributed by atoms with Gasteiger partial charge >= 0.3 is 0 Å². The number of nitrogens with one attached hydrogen (secondary N) is 1. The van der Waals surface area contributed by atoms with Crippen LogP contribution in [-0.4, -0.2) is 18.4 Å². The van der Waals surface area contributed by atoms with Crippen molar-refractivity contribution in [3.05, 3.63) is 0 Å². The number of terminal acetylenes is 1. The number of Topliss-reactive ketones (excluding diaryl/α,β-unsaturated/α-hetero) is 1. The van der Waals surface area contributed by atoms with Crippen LogP contribution in [0.2, 0.25) is 0 Å². The van der Waals surface area contributed by atoms with Gasteiger partial charge in [0.2, 0.25) is 0 Å². The van der Waals surface area contributed by atoms with Gasteiger partial charge in [-0.25, -0.2) is 0 Å². The highest BCUT2D eigenvalue weighted by atomic mass is 16.1. The van der Waals surface area contributed by atoms with E-state index in [1.54, 1.807) is 0 Å². The van der Waals surface area contributed by atoms with Gasteiger partial charge in [-0.3, -0.25) is 4.79 Å². The van der Waals surface area contributed by atoms with Crippen LogP contribution in [0.1, 0.15) is 26.2 Å². The predicted octanol–water partition coefficient (Wildman–Crippen LogP) is 0.967. The van der Waals surface area contributed by atoms with Crippen molar-refractivity contribution in [1.29, 1.82) is 0 Å². The second-order valence-corrected chi connectivity index (χ2v) is 3.31. The SMILES string of the molecule is C#CCCC(=O)C1CCNC1C. The van der Waals surface area contributed by atoms with E-state index in [9.17, 15) is 4.79 Å². The Kier molecular flexibility index (Phi) is 3.31. The van der Waals surface area contributed by atoms with Gasteiger partial charge in [0.05, 0.1) is 0 Å². The van der Waals surface area contributed by atoms with E-state index in [1.807, 2.05) is 0 Å². The Balaban J connectivity index is 2.37. The van der Waals surface area contributed by atoms with Crippen molar-refractivity contribution < 1.29 is 4.79 Å². The van der Waals surface area contributed by atoms with Crippen molar-refractivity contribution in [1.82, 2.24) is 5.32 Å². The van der Waals surface area contributed by atoms with E-state index in [4.69, 9.17) is 6.42 Å². The first-order valence-electron chi connectivity index (χ1n) is 4.45. The number of hydrogen-bond donors (Lipinski definition) is 1. The van der Waals surface area contributed by atoms with Crippen molar-refractivity contribution in [2.75, 3.05) is 6.54 Å². The molecule has 0 spiro atoms. The molecule has 2 heteroatoms. The zero-order valence-corrected chi connectivity index (χ0v) is 7.47. The van der Waals surface area contributed by atoms with Crippen molar-refractivity contribution in [2.45, 2.75) is 32.2 Å². The minimum atomic E-state index is 0.207. The van der Waals surface area contributed by atoms with Gasteiger partial charge in [-0.05, 0) is 19.9 Å². The van der Waals surface area contributed by atoms with Gasteiger partial charge in [-0.1, -0.05) is 0 Å². The van der Waals surface area contributed by atoms with E-state index in [0.29, 0.717) is 24.7 Å². The quantitative estimate of drug-likeness (QED) is 0.631. The largest absolute Gasteiger partial charge is 0.314 e. The molecule has 1 fully saturated rings. The summed E-state index contributed by atoms with van der Waals surface area (Å²) in [6, 6.07) is 0.343. The Bertz CT molecular complexity index is 204. The van der Waals surface area contributed by atoms with Crippen molar-refractivity contribution in [2.24, 2.45) is 5.92 Å². The van der Waals surface area contributed by atoms with Crippen LogP contribution in [-0.2, 0) is 4.79 Å². The molecule has 0 aromatic carbocycles. The van der Waals surface area contributed by atoms with Gasteiger partial charge in [-0.2, -0.15) is 0 Å². The second kappa shape index (κ2) is 4.27. The Hall–Kier alpha value is -0.810. The average molecular weight is 165 g/mol. The highest BCUT2D eigenvalue weighted by Gasteiger charge is 2.28. The fraction of sp³-hybridized carbons (Fsp3) is 0.700. The minimum absolute atomic E-state index is 0.207. The molecule has 0 saturated carbocycles. The highest BCUT2D eigenvalue weighted by molar-refractivity contribution is 5.82. The molecular formula is C10H15NO. The fourth-order valence-electron chi connectivity index (χ4n) is 1.68. The smallest absolute Gasteiger partial charge is 0.138 e. The third-order valence-corrected chi connectivity index (χ3v) is 2.45. The molecular weight excluding hydrogens is 150 g/mol. The Morgan fingerprint density at radius 3 is 3.00 bits per heavy atom. The Labute approximate surface area is 73.7 Å². The molecule has 0 aromatic rings. The van der Waals surface area contributed by atoms with Gasteiger partial charge in [0, 0.05) is 24.8 Å². The van der Waals surface area contributed by atoms with Crippen LogP contribution in [0.5, 0.6) is 0 Å². The van der Waals surface area contributed by atoms with Gasteiger partial charge in [-0.15, -0.1) is 12.3 Å². The summed E-state index contributed by atoms with van der Waals surface area (Å²) in [5.41, 5.74) is 0. The third kappa shape index (κ3) is 2.09. The first kappa shape index (κ1) is 9.28. The molecule has 0 aliphatic carbocycles. The molecule has 0 aromatic heterocycles. The first-order chi connectivity index (χ1) is 5.75. The molecule has 0 amide bonds. The number of carbonyl (C=O) groups is 1. The first-order valence-corrected chi connectivity index (χ1v) is 4.45. The summed E-state index contributed by atoms with van der Waals surface area (Å²) in [6.07, 6.45) is 7.20. The monoisotopic (exact) mass is 165 g/mol. The van der Waals surface area contributed by atoms with Gasteiger partial charge in [0.25, 0.3) is 0 Å². The Morgan fingerprint density at radius 2 is 2.50 bits per heavy atom. The highest BCUT2D eigenvalue weighted by Crippen LogP contribution is 2.17. The number of rotatable bonds is 3. The lowest BCUT2D eigenvalue weighted by molar-refractivity contribution is -0.122.